The summed E-state index contributed by atoms with van der Waals surface area (Å²) in [5.41, 5.74) is 0.630. The molecular formula is C16H17BrN2O3S2. The summed E-state index contributed by atoms with van der Waals surface area (Å²) in [6.07, 6.45) is 1.31. The Morgan fingerprint density at radius 1 is 1.17 bits per heavy atom. The SMILES string of the molecule is C[C@H](Sc1ccc(S(=O)(=O)N(C)C)cn1)C(=O)c1ccc(Br)cc1. The molecule has 0 aliphatic carbocycles. The van der Waals surface area contributed by atoms with Gasteiger partial charge in [-0.05, 0) is 31.2 Å². The number of thioether (sulfide) groups is 1. The second-order valence-corrected chi connectivity index (χ2v) is 9.68. The van der Waals surface area contributed by atoms with Crippen LogP contribution in [-0.2, 0) is 10.0 Å². The smallest absolute Gasteiger partial charge is 0.244 e. The van der Waals surface area contributed by atoms with E-state index in [1.807, 2.05) is 12.1 Å². The third-order valence-corrected chi connectivity index (χ3v) is 6.66. The molecule has 1 heterocycles. The largest absolute Gasteiger partial charge is 0.293 e. The number of rotatable bonds is 6. The zero-order chi connectivity index (χ0) is 17.9. The fourth-order valence-electron chi connectivity index (χ4n) is 1.88. The van der Waals surface area contributed by atoms with Crippen LogP contribution >= 0.6 is 27.7 Å². The molecule has 1 aromatic carbocycles. The highest BCUT2D eigenvalue weighted by Gasteiger charge is 2.20. The summed E-state index contributed by atoms with van der Waals surface area (Å²) >= 11 is 4.64. The Balaban J connectivity index is 2.11. The molecule has 0 N–H and O–H groups in total. The van der Waals surface area contributed by atoms with E-state index in [1.54, 1.807) is 25.1 Å². The molecule has 1 aromatic heterocycles. The highest BCUT2D eigenvalue weighted by atomic mass is 79.9. The van der Waals surface area contributed by atoms with E-state index in [0.29, 0.717) is 10.6 Å². The van der Waals surface area contributed by atoms with Crippen molar-refractivity contribution in [2.24, 2.45) is 0 Å². The van der Waals surface area contributed by atoms with E-state index in [-0.39, 0.29) is 15.9 Å². The molecule has 1 atom stereocenters. The van der Waals surface area contributed by atoms with Gasteiger partial charge >= 0.3 is 0 Å². The standard InChI is InChI=1S/C16H17BrN2O3S2/c1-11(16(20)12-4-6-13(17)7-5-12)23-15-9-8-14(10-18-15)24(21,22)19(2)3/h4-11H,1-3H3/t11-/m0/s1. The van der Waals surface area contributed by atoms with Gasteiger partial charge in [0.25, 0.3) is 0 Å². The number of aromatic nitrogens is 1. The van der Waals surface area contributed by atoms with Gasteiger partial charge in [0.2, 0.25) is 10.0 Å². The Kier molecular flexibility index (Phi) is 6.19. The van der Waals surface area contributed by atoms with E-state index < -0.39 is 10.0 Å². The van der Waals surface area contributed by atoms with Crippen molar-refractivity contribution in [1.29, 1.82) is 0 Å². The number of hydrogen-bond acceptors (Lipinski definition) is 5. The first-order chi connectivity index (χ1) is 11.2. The molecule has 0 aliphatic rings. The summed E-state index contributed by atoms with van der Waals surface area (Å²) in [5, 5.41) is 0.278. The van der Waals surface area contributed by atoms with E-state index in [1.165, 1.54) is 38.1 Å². The molecule has 24 heavy (non-hydrogen) atoms. The minimum absolute atomic E-state index is 0.000658. The summed E-state index contributed by atoms with van der Waals surface area (Å²) in [6.45, 7) is 1.81. The monoisotopic (exact) mass is 428 g/mol. The van der Waals surface area contributed by atoms with Gasteiger partial charge in [-0.2, -0.15) is 0 Å². The number of nitrogens with zero attached hydrogens (tertiary/aromatic N) is 2. The zero-order valence-corrected chi connectivity index (χ0v) is 16.7. The van der Waals surface area contributed by atoms with E-state index in [4.69, 9.17) is 0 Å². The second kappa shape index (κ2) is 7.77. The van der Waals surface area contributed by atoms with Gasteiger partial charge in [0, 0.05) is 30.3 Å². The van der Waals surface area contributed by atoms with Gasteiger partial charge in [-0.15, -0.1) is 0 Å². The maximum Gasteiger partial charge on any atom is 0.244 e. The van der Waals surface area contributed by atoms with Crippen molar-refractivity contribution in [3.8, 4) is 0 Å². The summed E-state index contributed by atoms with van der Waals surface area (Å²) in [5.74, 6) is -0.000658. The fourth-order valence-corrected chi connectivity index (χ4v) is 3.86. The minimum atomic E-state index is -3.50. The molecule has 0 saturated heterocycles. The predicted octanol–water partition coefficient (Wildman–Crippen LogP) is 3.46. The molecule has 0 aliphatic heterocycles. The number of benzene rings is 1. The first-order valence-electron chi connectivity index (χ1n) is 7.07. The highest BCUT2D eigenvalue weighted by molar-refractivity contribution is 9.10. The molecule has 128 valence electrons. The molecular weight excluding hydrogens is 412 g/mol. The molecule has 0 radical (unpaired) electrons. The third-order valence-electron chi connectivity index (χ3n) is 3.28. The van der Waals surface area contributed by atoms with Gasteiger partial charge < -0.3 is 0 Å². The predicted molar refractivity (Wildman–Crippen MR) is 98.9 cm³/mol. The van der Waals surface area contributed by atoms with Crippen molar-refractivity contribution < 1.29 is 13.2 Å². The van der Waals surface area contributed by atoms with Crippen LogP contribution in [-0.4, -0.2) is 42.8 Å². The van der Waals surface area contributed by atoms with Gasteiger partial charge in [0.05, 0.1) is 10.3 Å². The molecule has 2 rings (SSSR count). The summed E-state index contributed by atoms with van der Waals surface area (Å²) in [7, 11) is -0.557. The molecule has 8 heteroatoms. The molecule has 0 fully saturated rings. The molecule has 5 nitrogen and oxygen atoms in total. The maximum atomic E-state index is 12.4. The molecule has 2 aromatic rings. The molecule has 0 amide bonds. The van der Waals surface area contributed by atoms with Crippen LogP contribution < -0.4 is 0 Å². The lowest BCUT2D eigenvalue weighted by Crippen LogP contribution is -2.22. The van der Waals surface area contributed by atoms with Crippen LogP contribution in [0.2, 0.25) is 0 Å². The summed E-state index contributed by atoms with van der Waals surface area (Å²) in [4.78, 5) is 16.7. The van der Waals surface area contributed by atoms with Crippen LogP contribution in [0.25, 0.3) is 0 Å². The van der Waals surface area contributed by atoms with E-state index in [9.17, 15) is 13.2 Å². The van der Waals surface area contributed by atoms with Crippen LogP contribution in [0.5, 0.6) is 0 Å². The highest BCUT2D eigenvalue weighted by Crippen LogP contribution is 2.25. The lowest BCUT2D eigenvalue weighted by Gasteiger charge is -2.12. The van der Waals surface area contributed by atoms with E-state index >= 15 is 0 Å². The fraction of sp³-hybridized carbons (Fsp3) is 0.250. The normalized spacial score (nSPS) is 13.0. The number of Topliss-reactive ketones (excluding diaryl/α,β-unsaturated/α-hetero) is 1. The average Bonchev–Trinajstić information content (AvgIpc) is 2.55. The van der Waals surface area contributed by atoms with Crippen molar-refractivity contribution in [3.05, 3.63) is 52.6 Å². The average molecular weight is 429 g/mol. The number of carbonyl (C=O) groups is 1. The summed E-state index contributed by atoms with van der Waals surface area (Å²) < 4.78 is 26.1. The number of sulfonamides is 1. The first-order valence-corrected chi connectivity index (χ1v) is 10.2. The number of carbonyl (C=O) groups excluding carboxylic acids is 1. The Morgan fingerprint density at radius 2 is 1.79 bits per heavy atom. The Labute approximate surface area is 154 Å². The molecule has 0 bridgehead atoms. The number of pyridine rings is 1. The quantitative estimate of drug-likeness (QED) is 0.520. The second-order valence-electron chi connectivity index (χ2n) is 5.25. The Hall–Kier alpha value is -1.22. The lowest BCUT2D eigenvalue weighted by atomic mass is 10.1. The van der Waals surface area contributed by atoms with Gasteiger partial charge in [-0.1, -0.05) is 39.8 Å². The summed E-state index contributed by atoms with van der Waals surface area (Å²) in [6, 6.07) is 10.3. The van der Waals surface area contributed by atoms with Gasteiger partial charge in [0.15, 0.2) is 5.78 Å². The number of ketones is 1. The van der Waals surface area contributed by atoms with Crippen molar-refractivity contribution >= 4 is 43.5 Å². The lowest BCUT2D eigenvalue weighted by molar-refractivity contribution is 0.0994. The Morgan fingerprint density at radius 3 is 2.29 bits per heavy atom. The van der Waals surface area contributed by atoms with Crippen LogP contribution in [0.4, 0.5) is 0 Å². The van der Waals surface area contributed by atoms with Crippen LogP contribution in [0.3, 0.4) is 0 Å². The van der Waals surface area contributed by atoms with Crippen LogP contribution in [0.15, 0.2) is 57.0 Å². The number of halogens is 1. The van der Waals surface area contributed by atoms with Crippen molar-refractivity contribution in [2.45, 2.75) is 22.1 Å². The van der Waals surface area contributed by atoms with Gasteiger partial charge in [-0.3, -0.25) is 4.79 Å². The Bertz CT molecular complexity index is 819. The molecule has 0 spiro atoms. The van der Waals surface area contributed by atoms with Crippen molar-refractivity contribution in [1.82, 2.24) is 9.29 Å². The van der Waals surface area contributed by atoms with Crippen LogP contribution in [0, 0.1) is 0 Å². The zero-order valence-electron chi connectivity index (χ0n) is 13.4. The van der Waals surface area contributed by atoms with Crippen molar-refractivity contribution in [2.75, 3.05) is 14.1 Å². The minimum Gasteiger partial charge on any atom is -0.293 e. The molecule has 0 unspecified atom stereocenters. The van der Waals surface area contributed by atoms with Gasteiger partial charge in [-0.25, -0.2) is 17.7 Å². The van der Waals surface area contributed by atoms with Crippen LogP contribution in [0.1, 0.15) is 17.3 Å². The van der Waals surface area contributed by atoms with Crippen molar-refractivity contribution in [3.63, 3.8) is 0 Å². The molecule has 0 saturated carbocycles. The van der Waals surface area contributed by atoms with Gasteiger partial charge in [0.1, 0.15) is 4.90 Å². The first kappa shape index (κ1) is 19.1. The topological polar surface area (TPSA) is 67.3 Å². The number of hydrogen-bond donors (Lipinski definition) is 0. The third kappa shape index (κ3) is 4.44. The van der Waals surface area contributed by atoms with E-state index in [0.717, 1.165) is 8.78 Å². The van der Waals surface area contributed by atoms with E-state index in [2.05, 4.69) is 20.9 Å². The maximum absolute atomic E-state index is 12.4.